The van der Waals surface area contributed by atoms with E-state index < -0.39 is 0 Å². The van der Waals surface area contributed by atoms with E-state index in [9.17, 15) is 9.59 Å². The third-order valence-corrected chi connectivity index (χ3v) is 6.30. The van der Waals surface area contributed by atoms with Gasteiger partial charge in [-0.15, -0.1) is 0 Å². The number of carbonyl (C=O) groups excluding carboxylic acids is 2. The molecule has 2 aromatic heterocycles. The summed E-state index contributed by atoms with van der Waals surface area (Å²) in [5.74, 6) is 0.0109. The lowest BCUT2D eigenvalue weighted by atomic mass is 10.0. The van der Waals surface area contributed by atoms with Crippen molar-refractivity contribution in [1.82, 2.24) is 14.9 Å². The average molecular weight is 403 g/mol. The Morgan fingerprint density at radius 3 is 2.93 bits per heavy atom. The summed E-state index contributed by atoms with van der Waals surface area (Å²) < 4.78 is 0. The number of nitrogens with one attached hydrogen (secondary N) is 3. The minimum absolute atomic E-state index is 0.0412. The predicted octanol–water partition coefficient (Wildman–Crippen LogP) is 3.86. The first-order valence-electron chi connectivity index (χ1n) is 10.5. The molecule has 2 atom stereocenters. The van der Waals surface area contributed by atoms with Gasteiger partial charge in [0.05, 0.1) is 11.4 Å². The molecule has 2 amide bonds. The number of carbonyl (C=O) groups is 2. The second kappa shape index (κ2) is 7.25. The molecule has 0 saturated carbocycles. The predicted molar refractivity (Wildman–Crippen MR) is 117 cm³/mol. The number of amides is 2. The van der Waals surface area contributed by atoms with Crippen molar-refractivity contribution in [2.45, 2.75) is 45.2 Å². The van der Waals surface area contributed by atoms with E-state index in [1.165, 1.54) is 12.8 Å². The van der Waals surface area contributed by atoms with Crippen LogP contribution in [-0.2, 0) is 11.3 Å². The highest BCUT2D eigenvalue weighted by molar-refractivity contribution is 6.08. The van der Waals surface area contributed by atoms with Crippen molar-refractivity contribution in [2.24, 2.45) is 0 Å². The van der Waals surface area contributed by atoms with Crippen LogP contribution in [0.1, 0.15) is 54.2 Å². The van der Waals surface area contributed by atoms with Crippen molar-refractivity contribution in [2.75, 3.05) is 17.2 Å². The highest BCUT2D eigenvalue weighted by Crippen LogP contribution is 2.32. The van der Waals surface area contributed by atoms with E-state index in [0.29, 0.717) is 23.1 Å². The number of nitrogens with zero attached hydrogens (tertiary/aromatic N) is 2. The van der Waals surface area contributed by atoms with Gasteiger partial charge in [-0.3, -0.25) is 14.5 Å². The van der Waals surface area contributed by atoms with E-state index >= 15 is 0 Å². The SMILES string of the molecule is CC1C(=O)Nc2cc(C(=O)Nc3cc4[nH]c(CN5CCCC5C)cc4cn3)ccc21. The summed E-state index contributed by atoms with van der Waals surface area (Å²) in [4.78, 5) is 34.9. The minimum atomic E-state index is -0.254. The molecule has 5 rings (SSSR count). The summed E-state index contributed by atoms with van der Waals surface area (Å²) in [6.07, 6.45) is 4.29. The van der Waals surface area contributed by atoms with Gasteiger partial charge in [0.1, 0.15) is 5.82 Å². The van der Waals surface area contributed by atoms with Gasteiger partial charge in [0.2, 0.25) is 5.91 Å². The summed E-state index contributed by atoms with van der Waals surface area (Å²) in [6, 6.07) is 9.90. The Morgan fingerprint density at radius 1 is 1.27 bits per heavy atom. The number of rotatable bonds is 4. The largest absolute Gasteiger partial charge is 0.357 e. The molecule has 0 bridgehead atoms. The quantitative estimate of drug-likeness (QED) is 0.617. The number of hydrogen-bond acceptors (Lipinski definition) is 4. The first-order valence-corrected chi connectivity index (χ1v) is 10.5. The molecule has 1 fully saturated rings. The van der Waals surface area contributed by atoms with Crippen LogP contribution in [-0.4, -0.2) is 39.3 Å². The molecule has 0 aliphatic carbocycles. The van der Waals surface area contributed by atoms with Crippen LogP contribution in [0.2, 0.25) is 0 Å². The average Bonchev–Trinajstić information content (AvgIpc) is 3.39. The van der Waals surface area contributed by atoms with Crippen molar-refractivity contribution < 1.29 is 9.59 Å². The normalized spacial score (nSPS) is 21.1. The molecule has 2 aliphatic rings. The molecule has 1 aromatic carbocycles. The van der Waals surface area contributed by atoms with Gasteiger partial charge in [0.25, 0.3) is 5.91 Å². The maximum absolute atomic E-state index is 12.7. The first kappa shape index (κ1) is 18.8. The van der Waals surface area contributed by atoms with E-state index in [1.54, 1.807) is 18.3 Å². The minimum Gasteiger partial charge on any atom is -0.357 e. The Labute approximate surface area is 174 Å². The molecule has 7 heteroatoms. The van der Waals surface area contributed by atoms with Crippen LogP contribution in [0.4, 0.5) is 11.5 Å². The third-order valence-electron chi connectivity index (χ3n) is 6.30. The lowest BCUT2D eigenvalue weighted by Crippen LogP contribution is -2.26. The second-order valence-electron chi connectivity index (χ2n) is 8.38. The molecule has 2 unspecified atom stereocenters. The van der Waals surface area contributed by atoms with Crippen molar-refractivity contribution >= 4 is 34.2 Å². The zero-order valence-electron chi connectivity index (χ0n) is 17.2. The number of likely N-dealkylation sites (tertiary alicyclic amines) is 1. The number of anilines is 2. The van der Waals surface area contributed by atoms with E-state index in [4.69, 9.17) is 0 Å². The molecule has 1 saturated heterocycles. The zero-order valence-corrected chi connectivity index (χ0v) is 17.2. The zero-order chi connectivity index (χ0) is 20.8. The molecule has 0 spiro atoms. The molecular formula is C23H25N5O2. The highest BCUT2D eigenvalue weighted by atomic mass is 16.2. The molecule has 30 heavy (non-hydrogen) atoms. The molecule has 3 aromatic rings. The molecule has 0 radical (unpaired) electrons. The number of aromatic amines is 1. The van der Waals surface area contributed by atoms with Crippen molar-refractivity contribution in [1.29, 1.82) is 0 Å². The standard InChI is InChI=1S/C23H25N5O2/c1-13-4-3-7-28(13)12-17-8-16-11-24-21(10-19(16)25-17)27-23(30)15-5-6-18-14(2)22(29)26-20(18)9-15/h5-6,8-11,13-14,25H,3-4,7,12H2,1-2H3,(H,26,29)(H,24,27,30). The summed E-state index contributed by atoms with van der Waals surface area (Å²) >= 11 is 0. The van der Waals surface area contributed by atoms with Gasteiger partial charge in [0.15, 0.2) is 0 Å². The molecular weight excluding hydrogens is 378 g/mol. The lowest BCUT2D eigenvalue weighted by Gasteiger charge is -2.19. The molecule has 4 heterocycles. The van der Waals surface area contributed by atoms with Gasteiger partial charge < -0.3 is 15.6 Å². The fourth-order valence-corrected chi connectivity index (χ4v) is 4.44. The van der Waals surface area contributed by atoms with E-state index in [1.807, 2.05) is 19.1 Å². The Balaban J connectivity index is 1.32. The topological polar surface area (TPSA) is 90.1 Å². The maximum Gasteiger partial charge on any atom is 0.256 e. The van der Waals surface area contributed by atoms with Gasteiger partial charge in [0, 0.05) is 47.2 Å². The summed E-state index contributed by atoms with van der Waals surface area (Å²) in [7, 11) is 0. The molecule has 3 N–H and O–H groups in total. The number of fused-ring (bicyclic) bond motifs is 2. The Kier molecular flexibility index (Phi) is 4.55. The first-order chi connectivity index (χ1) is 14.5. The van der Waals surface area contributed by atoms with Gasteiger partial charge in [-0.1, -0.05) is 6.07 Å². The molecule has 7 nitrogen and oxygen atoms in total. The Morgan fingerprint density at radius 2 is 2.13 bits per heavy atom. The van der Waals surface area contributed by atoms with Crippen LogP contribution >= 0.6 is 0 Å². The summed E-state index contributed by atoms with van der Waals surface area (Å²) in [6.45, 7) is 6.16. The van der Waals surface area contributed by atoms with Gasteiger partial charge in [-0.05, 0) is 57.0 Å². The van der Waals surface area contributed by atoms with E-state index in [-0.39, 0.29) is 17.7 Å². The highest BCUT2D eigenvalue weighted by Gasteiger charge is 2.27. The molecule has 154 valence electrons. The Bertz CT molecular complexity index is 1150. The third kappa shape index (κ3) is 3.35. The fraction of sp³-hybridized carbons (Fsp3) is 0.348. The van der Waals surface area contributed by atoms with Crippen LogP contribution in [0.3, 0.4) is 0 Å². The van der Waals surface area contributed by atoms with Crippen LogP contribution in [0.5, 0.6) is 0 Å². The van der Waals surface area contributed by atoms with Gasteiger partial charge in [-0.2, -0.15) is 0 Å². The lowest BCUT2D eigenvalue weighted by molar-refractivity contribution is -0.116. The van der Waals surface area contributed by atoms with Crippen LogP contribution in [0, 0.1) is 0 Å². The summed E-state index contributed by atoms with van der Waals surface area (Å²) in [5.41, 5.74) is 4.22. The second-order valence-corrected chi connectivity index (χ2v) is 8.38. The smallest absolute Gasteiger partial charge is 0.256 e. The van der Waals surface area contributed by atoms with E-state index in [2.05, 4.69) is 38.5 Å². The summed E-state index contributed by atoms with van der Waals surface area (Å²) in [5, 5.41) is 6.71. The Hall–Kier alpha value is -3.19. The van der Waals surface area contributed by atoms with Crippen LogP contribution < -0.4 is 10.6 Å². The van der Waals surface area contributed by atoms with Crippen molar-refractivity contribution in [3.63, 3.8) is 0 Å². The maximum atomic E-state index is 12.7. The van der Waals surface area contributed by atoms with E-state index in [0.717, 1.165) is 35.2 Å². The number of benzene rings is 1. The number of H-pyrrole nitrogens is 1. The van der Waals surface area contributed by atoms with Crippen LogP contribution in [0.15, 0.2) is 36.5 Å². The monoisotopic (exact) mass is 403 g/mol. The fourth-order valence-electron chi connectivity index (χ4n) is 4.44. The van der Waals surface area contributed by atoms with Gasteiger partial charge in [-0.25, -0.2) is 4.98 Å². The number of pyridine rings is 1. The van der Waals surface area contributed by atoms with Gasteiger partial charge >= 0.3 is 0 Å². The van der Waals surface area contributed by atoms with Crippen molar-refractivity contribution in [3.05, 3.63) is 53.3 Å². The van der Waals surface area contributed by atoms with Crippen molar-refractivity contribution in [3.8, 4) is 0 Å². The van der Waals surface area contributed by atoms with Crippen LogP contribution in [0.25, 0.3) is 10.9 Å². The number of aromatic nitrogens is 2. The molecule has 2 aliphatic heterocycles. The number of hydrogen-bond donors (Lipinski definition) is 3.